The fourth-order valence-corrected chi connectivity index (χ4v) is 2.99. The summed E-state index contributed by atoms with van der Waals surface area (Å²) >= 11 is 0. The Hall–Kier alpha value is -3.74. The van der Waals surface area contributed by atoms with E-state index in [1.54, 1.807) is 19.5 Å². The van der Waals surface area contributed by atoms with E-state index in [1.807, 2.05) is 56.3 Å². The molecule has 4 rings (SSSR count). The Bertz CT molecular complexity index is 1120. The molecule has 0 unspecified atom stereocenters. The highest BCUT2D eigenvalue weighted by molar-refractivity contribution is 5.78. The summed E-state index contributed by atoms with van der Waals surface area (Å²) < 4.78 is 10.9. The van der Waals surface area contributed by atoms with Gasteiger partial charge < -0.3 is 14.6 Å². The number of benzene rings is 1. The topological polar surface area (TPSA) is 86.0 Å². The molecule has 3 heterocycles. The van der Waals surface area contributed by atoms with Crippen molar-refractivity contribution >= 4 is 5.95 Å². The third-order valence-corrected chi connectivity index (χ3v) is 4.50. The highest BCUT2D eigenvalue weighted by Gasteiger charge is 2.16. The van der Waals surface area contributed by atoms with Crippen LogP contribution < -0.4 is 10.1 Å². The molecule has 0 aliphatic rings. The maximum Gasteiger partial charge on any atom is 0.223 e. The molecule has 0 radical (unpaired) electrons. The van der Waals surface area contributed by atoms with Crippen LogP contribution in [0, 0.1) is 13.8 Å². The quantitative estimate of drug-likeness (QED) is 0.524. The van der Waals surface area contributed by atoms with Crippen molar-refractivity contribution in [1.82, 2.24) is 20.1 Å². The second-order valence-electron chi connectivity index (χ2n) is 6.64. The van der Waals surface area contributed by atoms with Gasteiger partial charge in [0.2, 0.25) is 5.95 Å². The van der Waals surface area contributed by atoms with E-state index in [0.29, 0.717) is 18.3 Å². The highest BCUT2D eigenvalue weighted by atomic mass is 16.5. The highest BCUT2D eigenvalue weighted by Crippen LogP contribution is 2.31. The molecule has 0 aliphatic carbocycles. The van der Waals surface area contributed by atoms with Crippen LogP contribution in [0.15, 0.2) is 59.4 Å². The Kier molecular flexibility index (Phi) is 5.20. The Morgan fingerprint density at radius 2 is 1.86 bits per heavy atom. The third kappa shape index (κ3) is 4.08. The molecule has 1 N–H and O–H groups in total. The first kappa shape index (κ1) is 18.6. The van der Waals surface area contributed by atoms with Crippen molar-refractivity contribution in [2.75, 3.05) is 12.4 Å². The average Bonchev–Trinajstić information content (AvgIpc) is 3.19. The summed E-state index contributed by atoms with van der Waals surface area (Å²) in [5.41, 5.74) is 5.13. The van der Waals surface area contributed by atoms with Gasteiger partial charge in [-0.05, 0) is 32.0 Å². The van der Waals surface area contributed by atoms with E-state index in [1.165, 1.54) is 0 Å². The van der Waals surface area contributed by atoms with E-state index in [9.17, 15) is 0 Å². The van der Waals surface area contributed by atoms with E-state index in [2.05, 4.69) is 20.4 Å². The summed E-state index contributed by atoms with van der Waals surface area (Å²) in [6.07, 6.45) is 3.54. The number of anilines is 1. The molecular weight excluding hydrogens is 366 g/mol. The number of ether oxygens (including phenoxy) is 1. The molecule has 0 spiro atoms. The molecule has 0 aliphatic heterocycles. The van der Waals surface area contributed by atoms with E-state index in [4.69, 9.17) is 14.2 Å². The van der Waals surface area contributed by atoms with Gasteiger partial charge in [-0.25, -0.2) is 9.97 Å². The zero-order chi connectivity index (χ0) is 20.2. The van der Waals surface area contributed by atoms with Crippen LogP contribution in [0.5, 0.6) is 5.75 Å². The lowest BCUT2D eigenvalue weighted by Crippen LogP contribution is -2.06. The van der Waals surface area contributed by atoms with Gasteiger partial charge in [0.05, 0.1) is 24.1 Å². The predicted molar refractivity (Wildman–Crippen MR) is 111 cm³/mol. The largest absolute Gasteiger partial charge is 0.496 e. The first-order chi connectivity index (χ1) is 14.1. The van der Waals surface area contributed by atoms with Crippen molar-refractivity contribution in [2.24, 2.45) is 0 Å². The minimum atomic E-state index is 0.506. The first-order valence-electron chi connectivity index (χ1n) is 9.23. The zero-order valence-corrected chi connectivity index (χ0v) is 16.5. The van der Waals surface area contributed by atoms with Crippen LogP contribution in [0.3, 0.4) is 0 Å². The van der Waals surface area contributed by atoms with Crippen LogP contribution in [0.25, 0.3) is 22.6 Å². The number of methoxy groups -OCH3 is 1. The van der Waals surface area contributed by atoms with Crippen LogP contribution in [0.1, 0.15) is 17.0 Å². The molecule has 7 heteroatoms. The summed E-state index contributed by atoms with van der Waals surface area (Å²) in [5, 5.41) is 7.26. The molecule has 0 saturated carbocycles. The summed E-state index contributed by atoms with van der Waals surface area (Å²) in [5.74, 6) is 1.94. The number of hydrogen-bond donors (Lipinski definition) is 1. The molecule has 0 fully saturated rings. The molecule has 3 aromatic heterocycles. The van der Waals surface area contributed by atoms with Crippen LogP contribution in [0.2, 0.25) is 0 Å². The van der Waals surface area contributed by atoms with Gasteiger partial charge in [-0.15, -0.1) is 0 Å². The molecule has 29 heavy (non-hydrogen) atoms. The van der Waals surface area contributed by atoms with Gasteiger partial charge in [0.15, 0.2) is 5.76 Å². The number of nitrogens with one attached hydrogen (secondary N) is 1. The monoisotopic (exact) mass is 387 g/mol. The molecule has 0 saturated heterocycles. The summed E-state index contributed by atoms with van der Waals surface area (Å²) in [4.78, 5) is 13.6. The molecule has 0 atom stereocenters. The molecule has 1 aromatic carbocycles. The van der Waals surface area contributed by atoms with Gasteiger partial charge in [0.25, 0.3) is 0 Å². The predicted octanol–water partition coefficient (Wildman–Crippen LogP) is 4.43. The number of rotatable bonds is 6. The molecule has 146 valence electrons. The fraction of sp³-hybridized carbons (Fsp3) is 0.182. The summed E-state index contributed by atoms with van der Waals surface area (Å²) in [7, 11) is 1.66. The van der Waals surface area contributed by atoms with E-state index < -0.39 is 0 Å². The van der Waals surface area contributed by atoms with Crippen LogP contribution in [0.4, 0.5) is 5.95 Å². The molecular formula is C22H21N5O2. The lowest BCUT2D eigenvalue weighted by molar-refractivity contribution is 0.410. The normalized spacial score (nSPS) is 10.7. The number of hydrogen-bond acceptors (Lipinski definition) is 7. The molecule has 0 amide bonds. The third-order valence-electron chi connectivity index (χ3n) is 4.50. The van der Waals surface area contributed by atoms with Crippen molar-refractivity contribution in [3.63, 3.8) is 0 Å². The number of nitrogens with zero attached hydrogens (tertiary/aromatic N) is 4. The van der Waals surface area contributed by atoms with Crippen LogP contribution in [-0.2, 0) is 6.54 Å². The van der Waals surface area contributed by atoms with Crippen molar-refractivity contribution in [2.45, 2.75) is 20.4 Å². The smallest absolute Gasteiger partial charge is 0.223 e. The second kappa shape index (κ2) is 8.10. The lowest BCUT2D eigenvalue weighted by Gasteiger charge is -2.12. The van der Waals surface area contributed by atoms with Crippen molar-refractivity contribution < 1.29 is 9.26 Å². The van der Waals surface area contributed by atoms with Gasteiger partial charge in [0, 0.05) is 41.8 Å². The molecule has 4 aromatic rings. The Morgan fingerprint density at radius 1 is 1.00 bits per heavy atom. The minimum absolute atomic E-state index is 0.506. The van der Waals surface area contributed by atoms with Gasteiger partial charge in [-0.2, -0.15) is 0 Å². The SMILES string of the molecule is COc1ccccc1CNc1ncc(-c2cc(C)no2)c(-c2ccc(C)nc2)n1. The number of aromatic nitrogens is 4. The van der Waals surface area contributed by atoms with Crippen molar-refractivity contribution in [3.05, 3.63) is 71.8 Å². The summed E-state index contributed by atoms with van der Waals surface area (Å²) in [6.45, 7) is 4.37. The Morgan fingerprint density at radius 3 is 2.59 bits per heavy atom. The number of aryl methyl sites for hydroxylation is 2. The van der Waals surface area contributed by atoms with E-state index in [-0.39, 0.29) is 0 Å². The van der Waals surface area contributed by atoms with Gasteiger partial charge in [0.1, 0.15) is 5.75 Å². The fourth-order valence-electron chi connectivity index (χ4n) is 2.99. The zero-order valence-electron chi connectivity index (χ0n) is 16.5. The van der Waals surface area contributed by atoms with Gasteiger partial charge >= 0.3 is 0 Å². The Balaban J connectivity index is 1.69. The van der Waals surface area contributed by atoms with E-state index in [0.717, 1.165) is 39.5 Å². The second-order valence-corrected chi connectivity index (χ2v) is 6.64. The lowest BCUT2D eigenvalue weighted by atomic mass is 10.1. The van der Waals surface area contributed by atoms with Crippen LogP contribution in [-0.4, -0.2) is 27.2 Å². The maximum atomic E-state index is 5.45. The van der Waals surface area contributed by atoms with E-state index >= 15 is 0 Å². The van der Waals surface area contributed by atoms with Gasteiger partial charge in [-0.1, -0.05) is 23.4 Å². The minimum Gasteiger partial charge on any atom is -0.496 e. The van der Waals surface area contributed by atoms with Crippen molar-refractivity contribution in [3.8, 4) is 28.3 Å². The van der Waals surface area contributed by atoms with Crippen molar-refractivity contribution in [1.29, 1.82) is 0 Å². The molecule has 0 bridgehead atoms. The molecule has 7 nitrogen and oxygen atoms in total. The van der Waals surface area contributed by atoms with Gasteiger partial charge in [-0.3, -0.25) is 4.98 Å². The summed E-state index contributed by atoms with van der Waals surface area (Å²) in [6, 6.07) is 13.6. The van der Waals surface area contributed by atoms with Crippen LogP contribution >= 0.6 is 0 Å². The first-order valence-corrected chi connectivity index (χ1v) is 9.23. The standard InChI is InChI=1S/C22H21N5O2/c1-14-8-9-17(12-23-14)21-18(20-10-15(2)27-29-20)13-25-22(26-21)24-11-16-6-4-5-7-19(16)28-3/h4-10,12-13H,11H2,1-3H3,(H,24,25,26). The Labute approximate surface area is 168 Å². The number of para-hydroxylation sites is 1. The number of pyridine rings is 1. The average molecular weight is 387 g/mol. The maximum absolute atomic E-state index is 5.45.